The number of nitriles is 3. The molecule has 6 saturated heterocycles. The first-order valence-electron chi connectivity index (χ1n) is 38.6. The van der Waals surface area contributed by atoms with Gasteiger partial charge in [0.2, 0.25) is 0 Å². The summed E-state index contributed by atoms with van der Waals surface area (Å²) in [6, 6.07) is 7.71. The zero-order valence-electron chi connectivity index (χ0n) is 67.5. The minimum absolute atomic E-state index is 0.0179. The lowest BCUT2D eigenvalue weighted by Crippen LogP contribution is -2.40. The van der Waals surface area contributed by atoms with Crippen molar-refractivity contribution in [3.05, 3.63) is 0 Å². The molecule has 12 rings (SSSR count). The second-order valence-corrected chi connectivity index (χ2v) is 41.8. The smallest absolute Gasteiger partial charge is 0.396 e. The molecule has 0 aromatic rings. The van der Waals surface area contributed by atoms with Gasteiger partial charge in [0, 0.05) is 90.2 Å². The molecule has 6 aliphatic heterocycles. The van der Waals surface area contributed by atoms with Gasteiger partial charge in [-0.15, -0.1) is 23.0 Å². The molecule has 12 bridgehead atoms. The molecule has 0 aromatic carbocycles. The number of rotatable bonds is 35. The first-order valence-corrected chi connectivity index (χ1v) is 47.1. The third kappa shape index (κ3) is 22.5. The van der Waals surface area contributed by atoms with Gasteiger partial charge in [-0.2, -0.15) is 15.8 Å². The summed E-state index contributed by atoms with van der Waals surface area (Å²) in [4.78, 5) is 8.72. The monoisotopic (exact) mass is 1680 g/mol. The van der Waals surface area contributed by atoms with E-state index < -0.39 is 51.3 Å². The third-order valence-corrected chi connectivity index (χ3v) is 32.0. The average Bonchev–Trinajstić information content (AvgIpc) is 1.64. The lowest BCUT2D eigenvalue weighted by molar-refractivity contribution is -0.0115. The van der Waals surface area contributed by atoms with Crippen molar-refractivity contribution in [3.63, 3.8) is 0 Å². The molecule has 29 unspecified atom stereocenters. The van der Waals surface area contributed by atoms with Gasteiger partial charge in [0.05, 0.1) is 176 Å². The lowest BCUT2D eigenvalue weighted by Gasteiger charge is -2.39. The van der Waals surface area contributed by atoms with E-state index >= 15 is 0 Å². The fraction of sp³-hybridized carbons (Fsp3) is 0.959. The van der Waals surface area contributed by atoms with Crippen LogP contribution in [0.3, 0.4) is 0 Å². The summed E-state index contributed by atoms with van der Waals surface area (Å²) >= 11 is 5.53. The van der Waals surface area contributed by atoms with Crippen molar-refractivity contribution in [3.8, 4) is 18.2 Å². The van der Waals surface area contributed by atoms with Gasteiger partial charge in [-0.05, 0) is 134 Å². The average molecular weight is 1680 g/mol. The predicted molar refractivity (Wildman–Crippen MR) is 415 cm³/mol. The molecule has 0 radical (unpaired) electrons. The second-order valence-electron chi connectivity index (χ2n) is 33.6. The molecule has 36 heteroatoms. The largest absolute Gasteiger partial charge is 0.697 e. The summed E-state index contributed by atoms with van der Waals surface area (Å²) < 4.78 is 134. The highest BCUT2D eigenvalue weighted by Gasteiger charge is 2.67. The van der Waals surface area contributed by atoms with Gasteiger partial charge in [0.25, 0.3) is 8.53 Å². The summed E-state index contributed by atoms with van der Waals surface area (Å²) in [6.07, 6.45) is 5.83. The van der Waals surface area contributed by atoms with E-state index in [0.717, 1.165) is 50.9 Å². The first kappa shape index (κ1) is 95.6. The second kappa shape index (κ2) is 43.4. The fourth-order valence-electron chi connectivity index (χ4n) is 19.5. The van der Waals surface area contributed by atoms with Gasteiger partial charge in [-0.3, -0.25) is 0 Å². The highest BCUT2D eigenvalue weighted by molar-refractivity contribution is 8.53. The van der Waals surface area contributed by atoms with Gasteiger partial charge in [-0.1, -0.05) is 52.9 Å². The highest BCUT2D eigenvalue weighted by Crippen LogP contribution is 2.64. The predicted octanol–water partition coefficient (Wildman–Crippen LogP) is 12.4. The van der Waals surface area contributed by atoms with Crippen molar-refractivity contribution in [2.45, 2.75) is 252 Å². The fourth-order valence-corrected chi connectivity index (χ4v) is 28.2. The van der Waals surface area contributed by atoms with Crippen molar-refractivity contribution < 1.29 is 113 Å². The van der Waals surface area contributed by atoms with Crippen LogP contribution in [-0.2, 0) is 92.7 Å². The molecular weight excluding hydrogens is 1550 g/mol. The molecule has 4 N–H and O–H groups in total. The molecule has 12 fully saturated rings. The van der Waals surface area contributed by atoms with Crippen LogP contribution in [0.15, 0.2) is 0 Å². The minimum Gasteiger partial charge on any atom is -0.396 e. The number of hydrogen-bond acceptors (Lipinski definition) is 29. The van der Waals surface area contributed by atoms with Crippen LogP contribution in [-0.4, -0.2) is 254 Å². The van der Waals surface area contributed by atoms with Gasteiger partial charge in [-0.25, -0.2) is 9.34 Å². The third-order valence-electron chi connectivity index (χ3n) is 23.7. The molecule has 0 spiro atoms. The summed E-state index contributed by atoms with van der Waals surface area (Å²) in [5.74, 6) is 3.22. The van der Waals surface area contributed by atoms with Crippen molar-refractivity contribution >= 4 is 63.4 Å². The zero-order chi connectivity index (χ0) is 80.6. The molecule has 6 heterocycles. The Kier molecular flexibility index (Phi) is 38.0. The number of aliphatic hydroxyl groups excluding tert-OH is 3. The van der Waals surface area contributed by atoms with E-state index in [1.807, 2.05) is 13.0 Å². The highest BCUT2D eigenvalue weighted by atomic mass is 32.7. The number of ether oxygens (including phenoxy) is 10. The minimum atomic E-state index is -2.62. The molecular formula is C73H129N5O24P5S2+3. The molecule has 29 atom stereocenters. The van der Waals surface area contributed by atoms with Crippen LogP contribution >= 0.6 is 63.4 Å². The maximum atomic E-state index is 11.7. The Balaban J connectivity index is 0.000000186. The SMILES string of the molecule is CC1CC2(CO)COC1C2O[P+](=O)O.CC1CC2(CO)COC1C2O[P+](=O)S.COCC12COC(C(C)C1)C2O.COCC12COC(C(C)C1)C2OP(OCCC#N)N(C(C)C)C(C)C.COCC12COC(C(C)C1)C2OP(SCCC#N)N(C(C)C)C(C)C.COCC12COC(C(C)C1)C2O[P+](=O)OCCC#N. The molecule has 0 aromatic heterocycles. The van der Waals surface area contributed by atoms with Crippen LogP contribution in [0.4, 0.5) is 0 Å². The van der Waals surface area contributed by atoms with E-state index in [9.17, 15) is 29.0 Å². The topological polar surface area (TPSA) is 367 Å². The van der Waals surface area contributed by atoms with Crippen LogP contribution in [0, 0.1) is 102 Å². The Hall–Kier alpha value is -0.590. The molecule has 6 aliphatic carbocycles. The Morgan fingerprint density at radius 3 is 1.19 bits per heavy atom. The van der Waals surface area contributed by atoms with Crippen molar-refractivity contribution in [2.75, 3.05) is 127 Å². The molecule has 109 heavy (non-hydrogen) atoms. The molecule has 29 nitrogen and oxygen atoms in total. The zero-order valence-corrected chi connectivity index (χ0v) is 73.6. The first-order chi connectivity index (χ1) is 51.7. The van der Waals surface area contributed by atoms with E-state index in [2.05, 4.69) is 124 Å². The maximum absolute atomic E-state index is 11.7. The summed E-state index contributed by atoms with van der Waals surface area (Å²) in [5.41, 5.74) is -1.23. The number of aliphatic hydroxyl groups is 3. The van der Waals surface area contributed by atoms with Crippen molar-refractivity contribution in [1.82, 2.24) is 9.34 Å². The quantitative estimate of drug-likeness (QED) is 0.0223. The van der Waals surface area contributed by atoms with E-state index in [1.54, 1.807) is 39.8 Å². The molecule has 0 amide bonds. The van der Waals surface area contributed by atoms with Crippen LogP contribution in [0.1, 0.15) is 155 Å². The number of nitrogens with zero attached hydrogens (tertiary/aromatic N) is 5. The molecule has 624 valence electrons. The van der Waals surface area contributed by atoms with Gasteiger partial charge >= 0.3 is 23.7 Å². The van der Waals surface area contributed by atoms with Gasteiger partial charge in [0.1, 0.15) is 31.1 Å². The van der Waals surface area contributed by atoms with Crippen molar-refractivity contribution in [1.29, 1.82) is 15.8 Å². The molecule has 12 aliphatic rings. The number of thiol groups is 1. The van der Waals surface area contributed by atoms with Gasteiger partial charge < -0.3 is 76.3 Å². The summed E-state index contributed by atoms with van der Waals surface area (Å²) in [6.45, 7) is 36.8. The number of fused-ring (bicyclic) bond motifs is 12. The van der Waals surface area contributed by atoms with E-state index in [-0.39, 0.29) is 126 Å². The van der Waals surface area contributed by atoms with E-state index in [1.165, 1.54) is 0 Å². The lowest BCUT2D eigenvalue weighted by atomic mass is 9.86. The summed E-state index contributed by atoms with van der Waals surface area (Å²) in [7, 11) is -2.03. The number of methoxy groups -OCH3 is 4. The molecule has 6 saturated carbocycles. The summed E-state index contributed by atoms with van der Waals surface area (Å²) in [5, 5.41) is 54.7. The van der Waals surface area contributed by atoms with E-state index in [0.29, 0.717) is 133 Å². The normalized spacial score (nSPS) is 39.3. The van der Waals surface area contributed by atoms with Crippen LogP contribution < -0.4 is 0 Å². The van der Waals surface area contributed by atoms with Crippen LogP contribution in [0.25, 0.3) is 0 Å². The number of hydrogen-bond donors (Lipinski definition) is 5. The Bertz CT molecular complexity index is 2860. The maximum Gasteiger partial charge on any atom is 0.697 e. The Morgan fingerprint density at radius 1 is 0.486 bits per heavy atom. The standard InChI is InChI=1S/C18H33N2O4P.C18H33N2O3PS.C12H19NO5P.C9H16O3.C8H13O5P.C8H13O4PS/c1-13(2)20(14(3)4)25(23-9-7-8-19)24-17-16-15(5)10-18(17,11-21-6)12-22-16;1-13(2)20(14(3)4)24(25-9-7-8-19)23-17-16-15(5)10-18(17,11-21-6)12-22-16;1-9-6-12(7-15-2)8-16-10(9)11(12)18-19(14)17-5-3-4-13;1-6-3-9(4-11-2)5-12-7(6)8(9)10;1-5-2-8(3-9)4-12-6(5)7(8)13-14(10)11;1-5-2-8(3-9)4-11-6(5)7(8)12-13(10)14/h2*13-17H,7,9-12H2,1-6H3;9-11H,3,5-8H2,1-2H3;6-8,10H,3-5H2,1-2H3;2*5-7,9H,2-4H2,1H3/q;;+1;;;/p+2. The van der Waals surface area contributed by atoms with E-state index in [4.69, 9.17) is 99.7 Å². The Morgan fingerprint density at radius 2 is 0.826 bits per heavy atom. The van der Waals surface area contributed by atoms with Crippen LogP contribution in [0.5, 0.6) is 0 Å². The van der Waals surface area contributed by atoms with Gasteiger partial charge in [0.15, 0.2) is 25.8 Å². The van der Waals surface area contributed by atoms with Crippen LogP contribution in [0.2, 0.25) is 0 Å². The van der Waals surface area contributed by atoms with Crippen molar-refractivity contribution in [2.24, 2.45) is 68.0 Å². The Labute approximate surface area is 662 Å².